The highest BCUT2D eigenvalue weighted by molar-refractivity contribution is 5.90. The molecular formula is C13H21ClF3N3O2. The maximum atomic E-state index is 12.3. The molecule has 2 aliphatic rings. The molecule has 1 saturated heterocycles. The van der Waals surface area contributed by atoms with Gasteiger partial charge < -0.3 is 16.0 Å². The Kier molecular flexibility index (Phi) is 6.49. The van der Waals surface area contributed by atoms with Gasteiger partial charge >= 0.3 is 6.18 Å². The highest BCUT2D eigenvalue weighted by Gasteiger charge is 2.40. The number of hydrogen-bond donors (Lipinski definition) is 2. The third kappa shape index (κ3) is 5.01. The SMILES string of the molecule is Cl.NC1CCCC(C(=O)NC2CCN(CC(F)(F)F)C2=O)C1. The lowest BCUT2D eigenvalue weighted by molar-refractivity contribution is -0.158. The molecule has 3 N–H and O–H groups in total. The Morgan fingerprint density at radius 2 is 2.00 bits per heavy atom. The standard InChI is InChI=1S/C13H20F3N3O2.ClH/c14-13(15,16)7-19-5-4-10(12(19)21)18-11(20)8-2-1-3-9(17)6-8;/h8-10H,1-7,17H2,(H,18,20);1H. The highest BCUT2D eigenvalue weighted by atomic mass is 35.5. The molecule has 0 aromatic rings. The van der Waals surface area contributed by atoms with Gasteiger partial charge in [-0.15, -0.1) is 12.4 Å². The molecular weight excluding hydrogens is 323 g/mol. The van der Waals surface area contributed by atoms with Gasteiger partial charge in [0.15, 0.2) is 0 Å². The molecule has 0 aromatic heterocycles. The number of hydrogen-bond acceptors (Lipinski definition) is 3. The summed E-state index contributed by atoms with van der Waals surface area (Å²) >= 11 is 0. The zero-order valence-corrected chi connectivity index (χ0v) is 12.9. The fraction of sp³-hybridized carbons (Fsp3) is 0.846. The molecule has 0 spiro atoms. The second-order valence-electron chi connectivity index (χ2n) is 5.85. The first-order valence-electron chi connectivity index (χ1n) is 7.18. The van der Waals surface area contributed by atoms with Crippen LogP contribution in [0.5, 0.6) is 0 Å². The Bertz CT molecular complexity index is 420. The summed E-state index contributed by atoms with van der Waals surface area (Å²) in [5, 5.41) is 2.58. The molecule has 9 heteroatoms. The smallest absolute Gasteiger partial charge is 0.344 e. The lowest BCUT2D eigenvalue weighted by Crippen LogP contribution is -2.46. The van der Waals surface area contributed by atoms with E-state index < -0.39 is 24.7 Å². The predicted molar refractivity (Wildman–Crippen MR) is 76.4 cm³/mol. The Morgan fingerprint density at radius 1 is 1.32 bits per heavy atom. The van der Waals surface area contributed by atoms with Crippen molar-refractivity contribution in [1.29, 1.82) is 0 Å². The van der Waals surface area contributed by atoms with Crippen molar-refractivity contribution in [2.24, 2.45) is 11.7 Å². The topological polar surface area (TPSA) is 75.4 Å². The van der Waals surface area contributed by atoms with E-state index in [1.54, 1.807) is 0 Å². The largest absolute Gasteiger partial charge is 0.406 e. The van der Waals surface area contributed by atoms with Crippen molar-refractivity contribution < 1.29 is 22.8 Å². The van der Waals surface area contributed by atoms with Crippen LogP contribution in [0.1, 0.15) is 32.1 Å². The molecule has 3 unspecified atom stereocenters. The first kappa shape index (κ1) is 19.0. The number of halogens is 4. The van der Waals surface area contributed by atoms with Crippen LogP contribution in [0.15, 0.2) is 0 Å². The number of likely N-dealkylation sites (tertiary alicyclic amines) is 1. The number of alkyl halides is 3. The quantitative estimate of drug-likeness (QED) is 0.808. The van der Waals surface area contributed by atoms with Crippen LogP contribution < -0.4 is 11.1 Å². The van der Waals surface area contributed by atoms with Gasteiger partial charge in [-0.2, -0.15) is 13.2 Å². The highest BCUT2D eigenvalue weighted by Crippen LogP contribution is 2.25. The lowest BCUT2D eigenvalue weighted by atomic mass is 9.85. The molecule has 0 radical (unpaired) electrons. The zero-order valence-electron chi connectivity index (χ0n) is 12.1. The Labute approximate surface area is 133 Å². The van der Waals surface area contributed by atoms with E-state index in [1.807, 2.05) is 0 Å². The van der Waals surface area contributed by atoms with Gasteiger partial charge in [-0.25, -0.2) is 0 Å². The van der Waals surface area contributed by atoms with Crippen molar-refractivity contribution in [3.05, 3.63) is 0 Å². The number of nitrogens with two attached hydrogens (primary N) is 1. The van der Waals surface area contributed by atoms with E-state index >= 15 is 0 Å². The summed E-state index contributed by atoms with van der Waals surface area (Å²) in [6.45, 7) is -1.24. The molecule has 2 rings (SSSR count). The van der Waals surface area contributed by atoms with Gasteiger partial charge in [0.1, 0.15) is 12.6 Å². The number of amides is 2. The summed E-state index contributed by atoms with van der Waals surface area (Å²) in [5.74, 6) is -1.16. The lowest BCUT2D eigenvalue weighted by Gasteiger charge is -2.26. The number of nitrogens with zero attached hydrogens (tertiary/aromatic N) is 1. The Balaban J connectivity index is 0.00000242. The van der Waals surface area contributed by atoms with Gasteiger partial charge in [0.05, 0.1) is 0 Å². The maximum absolute atomic E-state index is 12.3. The number of nitrogens with one attached hydrogen (secondary N) is 1. The summed E-state index contributed by atoms with van der Waals surface area (Å²) in [5.41, 5.74) is 5.81. The van der Waals surface area contributed by atoms with Gasteiger partial charge in [-0.1, -0.05) is 6.42 Å². The monoisotopic (exact) mass is 343 g/mol. The first-order valence-corrected chi connectivity index (χ1v) is 7.18. The molecule has 22 heavy (non-hydrogen) atoms. The van der Waals surface area contributed by atoms with Crippen LogP contribution in [-0.4, -0.2) is 48.1 Å². The molecule has 3 atom stereocenters. The molecule has 5 nitrogen and oxygen atoms in total. The fourth-order valence-electron chi connectivity index (χ4n) is 3.00. The van der Waals surface area contributed by atoms with Crippen LogP contribution in [0.25, 0.3) is 0 Å². The second kappa shape index (κ2) is 7.50. The van der Waals surface area contributed by atoms with Crippen LogP contribution in [0.3, 0.4) is 0 Å². The molecule has 2 fully saturated rings. The first-order chi connectivity index (χ1) is 9.76. The number of carbonyl (C=O) groups is 2. The van der Waals surface area contributed by atoms with E-state index in [-0.39, 0.29) is 43.2 Å². The molecule has 1 aliphatic carbocycles. The van der Waals surface area contributed by atoms with E-state index in [2.05, 4.69) is 5.32 Å². The average molecular weight is 344 g/mol. The van der Waals surface area contributed by atoms with Gasteiger partial charge in [-0.05, 0) is 25.7 Å². The molecule has 0 aromatic carbocycles. The van der Waals surface area contributed by atoms with Crippen molar-refractivity contribution in [2.75, 3.05) is 13.1 Å². The van der Waals surface area contributed by atoms with Gasteiger partial charge in [0.2, 0.25) is 11.8 Å². The summed E-state index contributed by atoms with van der Waals surface area (Å²) in [6.07, 6.45) is -1.17. The van der Waals surface area contributed by atoms with E-state index in [0.29, 0.717) is 12.8 Å². The summed E-state index contributed by atoms with van der Waals surface area (Å²) in [6, 6.07) is -0.853. The summed E-state index contributed by atoms with van der Waals surface area (Å²) < 4.78 is 36.9. The van der Waals surface area contributed by atoms with Crippen molar-refractivity contribution in [3.63, 3.8) is 0 Å². The zero-order chi connectivity index (χ0) is 15.6. The second-order valence-corrected chi connectivity index (χ2v) is 5.85. The molecule has 0 bridgehead atoms. The van der Waals surface area contributed by atoms with Crippen LogP contribution in [0, 0.1) is 5.92 Å². The Morgan fingerprint density at radius 3 is 2.59 bits per heavy atom. The average Bonchev–Trinajstić information content (AvgIpc) is 2.69. The van der Waals surface area contributed by atoms with Crippen LogP contribution in [-0.2, 0) is 9.59 Å². The maximum Gasteiger partial charge on any atom is 0.406 e. The minimum absolute atomic E-state index is 0. The van der Waals surface area contributed by atoms with E-state index in [1.165, 1.54) is 0 Å². The van der Waals surface area contributed by atoms with E-state index in [4.69, 9.17) is 5.73 Å². The number of rotatable bonds is 3. The number of carbonyl (C=O) groups excluding carboxylic acids is 2. The van der Waals surface area contributed by atoms with Crippen molar-refractivity contribution >= 4 is 24.2 Å². The third-order valence-electron chi connectivity index (χ3n) is 4.07. The minimum Gasteiger partial charge on any atom is -0.344 e. The van der Waals surface area contributed by atoms with Crippen LogP contribution in [0.4, 0.5) is 13.2 Å². The minimum atomic E-state index is -4.41. The summed E-state index contributed by atoms with van der Waals surface area (Å²) in [4.78, 5) is 24.7. The fourth-order valence-corrected chi connectivity index (χ4v) is 3.00. The van der Waals surface area contributed by atoms with Crippen LogP contribution >= 0.6 is 12.4 Å². The van der Waals surface area contributed by atoms with Crippen molar-refractivity contribution in [2.45, 2.75) is 50.4 Å². The van der Waals surface area contributed by atoms with Crippen LogP contribution in [0.2, 0.25) is 0 Å². The molecule has 2 amide bonds. The third-order valence-corrected chi connectivity index (χ3v) is 4.07. The summed E-state index contributed by atoms with van der Waals surface area (Å²) in [7, 11) is 0. The van der Waals surface area contributed by atoms with E-state index in [9.17, 15) is 22.8 Å². The molecule has 128 valence electrons. The molecule has 1 aliphatic heterocycles. The van der Waals surface area contributed by atoms with E-state index in [0.717, 1.165) is 17.7 Å². The predicted octanol–water partition coefficient (Wildman–Crippen LogP) is 1.21. The molecule has 1 heterocycles. The van der Waals surface area contributed by atoms with Crippen molar-refractivity contribution in [1.82, 2.24) is 10.2 Å². The van der Waals surface area contributed by atoms with Crippen molar-refractivity contribution in [3.8, 4) is 0 Å². The normalized spacial score (nSPS) is 29.2. The Hall–Kier alpha value is -1.02. The van der Waals surface area contributed by atoms with Gasteiger partial charge in [0.25, 0.3) is 0 Å². The molecule has 1 saturated carbocycles. The van der Waals surface area contributed by atoms with Gasteiger partial charge in [-0.3, -0.25) is 9.59 Å². The van der Waals surface area contributed by atoms with Gasteiger partial charge in [0, 0.05) is 18.5 Å².